The van der Waals surface area contributed by atoms with Gasteiger partial charge in [-0.25, -0.2) is 0 Å². The number of hydrogen-bond donors (Lipinski definition) is 2. The van der Waals surface area contributed by atoms with E-state index in [1.165, 1.54) is 0 Å². The number of aromatic nitrogens is 1. The van der Waals surface area contributed by atoms with Crippen LogP contribution in [0.4, 0.5) is 5.69 Å². The van der Waals surface area contributed by atoms with Gasteiger partial charge in [0, 0.05) is 24.3 Å². The topological polar surface area (TPSA) is 80.2 Å². The third-order valence-electron chi connectivity index (χ3n) is 5.82. The molecule has 0 saturated heterocycles. The second-order valence-electron chi connectivity index (χ2n) is 8.34. The summed E-state index contributed by atoms with van der Waals surface area (Å²) in [6.07, 6.45) is 4.69. The second-order valence-corrected chi connectivity index (χ2v) is 8.34. The zero-order valence-electron chi connectivity index (χ0n) is 18.1. The quantitative estimate of drug-likeness (QED) is 0.598. The first-order chi connectivity index (χ1) is 15.5. The summed E-state index contributed by atoms with van der Waals surface area (Å²) in [4.78, 5) is 37.7. The van der Waals surface area contributed by atoms with Crippen LogP contribution >= 0.6 is 0 Å². The number of carbonyl (C=O) groups is 2. The number of anilines is 1. The lowest BCUT2D eigenvalue weighted by Crippen LogP contribution is -2.32. The van der Waals surface area contributed by atoms with Gasteiger partial charge in [-0.1, -0.05) is 48.4 Å². The predicted octanol–water partition coefficient (Wildman–Crippen LogP) is 3.87. The minimum absolute atomic E-state index is 0.0517. The Morgan fingerprint density at radius 3 is 2.53 bits per heavy atom. The molecule has 4 rings (SSSR count). The van der Waals surface area contributed by atoms with Gasteiger partial charge >= 0.3 is 0 Å². The van der Waals surface area contributed by atoms with Gasteiger partial charge < -0.3 is 15.2 Å². The molecule has 164 valence electrons. The maximum Gasteiger partial charge on any atom is 0.263 e. The SMILES string of the molecule is Cc1cccc(Cn2cccc(C(=O)NCc3cccc(NC(=O)C4CCC4)c3)c2=O)c1. The van der Waals surface area contributed by atoms with E-state index in [9.17, 15) is 14.4 Å². The first kappa shape index (κ1) is 21.6. The van der Waals surface area contributed by atoms with Crippen molar-refractivity contribution in [3.8, 4) is 0 Å². The van der Waals surface area contributed by atoms with Crippen molar-refractivity contribution >= 4 is 17.5 Å². The molecule has 6 heteroatoms. The van der Waals surface area contributed by atoms with Crippen molar-refractivity contribution < 1.29 is 9.59 Å². The second kappa shape index (κ2) is 9.64. The summed E-state index contributed by atoms with van der Waals surface area (Å²) in [6, 6.07) is 18.6. The molecule has 0 bridgehead atoms. The highest BCUT2D eigenvalue weighted by molar-refractivity contribution is 5.94. The first-order valence-electron chi connectivity index (χ1n) is 10.9. The summed E-state index contributed by atoms with van der Waals surface area (Å²) in [5.41, 5.74) is 3.47. The molecule has 2 amide bonds. The van der Waals surface area contributed by atoms with Crippen molar-refractivity contribution in [2.75, 3.05) is 5.32 Å². The maximum absolute atomic E-state index is 12.8. The van der Waals surface area contributed by atoms with Crippen molar-refractivity contribution in [1.82, 2.24) is 9.88 Å². The number of hydrogen-bond acceptors (Lipinski definition) is 3. The third kappa shape index (κ3) is 5.14. The molecule has 0 spiro atoms. The van der Waals surface area contributed by atoms with Gasteiger partial charge in [0.2, 0.25) is 5.91 Å². The molecule has 3 aromatic rings. The summed E-state index contributed by atoms with van der Waals surface area (Å²) < 4.78 is 1.54. The number of nitrogens with zero attached hydrogens (tertiary/aromatic N) is 1. The van der Waals surface area contributed by atoms with E-state index in [2.05, 4.69) is 10.6 Å². The van der Waals surface area contributed by atoms with Crippen molar-refractivity contribution in [1.29, 1.82) is 0 Å². The number of pyridine rings is 1. The molecule has 1 heterocycles. The average molecular weight is 430 g/mol. The molecule has 2 aromatic carbocycles. The number of carbonyl (C=O) groups excluding carboxylic acids is 2. The Kier molecular flexibility index (Phi) is 6.50. The minimum Gasteiger partial charge on any atom is -0.348 e. The van der Waals surface area contributed by atoms with E-state index in [0.29, 0.717) is 12.2 Å². The smallest absolute Gasteiger partial charge is 0.263 e. The summed E-state index contributed by atoms with van der Waals surface area (Å²) in [5.74, 6) is -0.258. The van der Waals surface area contributed by atoms with Gasteiger partial charge in [0.15, 0.2) is 0 Å². The highest BCUT2D eigenvalue weighted by atomic mass is 16.2. The Morgan fingerprint density at radius 2 is 1.78 bits per heavy atom. The molecule has 2 N–H and O–H groups in total. The van der Waals surface area contributed by atoms with E-state index >= 15 is 0 Å². The van der Waals surface area contributed by atoms with E-state index in [4.69, 9.17) is 0 Å². The van der Waals surface area contributed by atoms with E-state index in [0.717, 1.165) is 36.0 Å². The maximum atomic E-state index is 12.8. The van der Waals surface area contributed by atoms with Gasteiger partial charge in [-0.2, -0.15) is 0 Å². The Morgan fingerprint density at radius 1 is 1.00 bits per heavy atom. The molecule has 0 unspecified atom stereocenters. The lowest BCUT2D eigenvalue weighted by Gasteiger charge is -2.24. The fourth-order valence-corrected chi connectivity index (χ4v) is 3.79. The molecule has 0 atom stereocenters. The molecule has 1 aliphatic rings. The van der Waals surface area contributed by atoms with E-state index in [1.807, 2.05) is 55.5 Å². The van der Waals surface area contributed by atoms with Crippen molar-refractivity contribution in [3.63, 3.8) is 0 Å². The molecule has 1 fully saturated rings. The van der Waals surface area contributed by atoms with Crippen molar-refractivity contribution in [3.05, 3.63) is 99.5 Å². The monoisotopic (exact) mass is 429 g/mol. The van der Waals surface area contributed by atoms with Crippen molar-refractivity contribution in [2.45, 2.75) is 39.3 Å². The zero-order valence-corrected chi connectivity index (χ0v) is 18.1. The molecule has 0 radical (unpaired) electrons. The summed E-state index contributed by atoms with van der Waals surface area (Å²) in [7, 11) is 0. The Hall–Kier alpha value is -3.67. The lowest BCUT2D eigenvalue weighted by atomic mass is 9.85. The van der Waals surface area contributed by atoms with Gasteiger partial charge in [-0.3, -0.25) is 14.4 Å². The van der Waals surface area contributed by atoms with E-state index in [-0.39, 0.29) is 29.5 Å². The highest BCUT2D eigenvalue weighted by Gasteiger charge is 2.25. The number of nitrogens with one attached hydrogen (secondary N) is 2. The Bertz CT molecular complexity index is 1190. The fourth-order valence-electron chi connectivity index (χ4n) is 3.79. The zero-order chi connectivity index (χ0) is 22.5. The van der Waals surface area contributed by atoms with Crippen LogP contribution in [0.25, 0.3) is 0 Å². The van der Waals surface area contributed by atoms with E-state index < -0.39 is 5.91 Å². The minimum atomic E-state index is -0.419. The molecular formula is C26H27N3O3. The highest BCUT2D eigenvalue weighted by Crippen LogP contribution is 2.27. The molecule has 32 heavy (non-hydrogen) atoms. The largest absolute Gasteiger partial charge is 0.348 e. The van der Waals surface area contributed by atoms with Crippen LogP contribution in [0, 0.1) is 12.8 Å². The van der Waals surface area contributed by atoms with Crippen LogP contribution in [0.5, 0.6) is 0 Å². The van der Waals surface area contributed by atoms with Crippen LogP contribution in [0.1, 0.15) is 46.3 Å². The van der Waals surface area contributed by atoms with E-state index in [1.54, 1.807) is 22.9 Å². The predicted molar refractivity (Wildman–Crippen MR) is 125 cm³/mol. The van der Waals surface area contributed by atoms with Crippen LogP contribution in [-0.4, -0.2) is 16.4 Å². The lowest BCUT2D eigenvalue weighted by molar-refractivity contribution is -0.122. The van der Waals surface area contributed by atoms with Gasteiger partial charge in [0.1, 0.15) is 5.56 Å². The molecule has 0 aliphatic heterocycles. The van der Waals surface area contributed by atoms with Crippen LogP contribution in [0.3, 0.4) is 0 Å². The molecular weight excluding hydrogens is 402 g/mol. The number of benzene rings is 2. The number of aryl methyl sites for hydroxylation is 1. The third-order valence-corrected chi connectivity index (χ3v) is 5.82. The van der Waals surface area contributed by atoms with Crippen LogP contribution < -0.4 is 16.2 Å². The molecule has 1 aliphatic carbocycles. The standard InChI is InChI=1S/C26H27N3O3/c1-18-6-2-8-20(14-18)17-29-13-5-12-23(26(29)32)25(31)27-16-19-7-3-11-22(15-19)28-24(30)21-9-4-10-21/h2-3,5-8,11-15,21H,4,9-10,16-17H2,1H3,(H,27,31)(H,28,30). The fraction of sp³-hybridized carbons (Fsp3) is 0.269. The van der Waals surface area contributed by atoms with Crippen LogP contribution in [-0.2, 0) is 17.9 Å². The Labute approximate surface area is 187 Å². The summed E-state index contributed by atoms with van der Waals surface area (Å²) >= 11 is 0. The van der Waals surface area contributed by atoms with Gasteiger partial charge in [0.25, 0.3) is 11.5 Å². The van der Waals surface area contributed by atoms with Gasteiger partial charge in [-0.15, -0.1) is 0 Å². The van der Waals surface area contributed by atoms with Crippen LogP contribution in [0.15, 0.2) is 71.7 Å². The first-order valence-corrected chi connectivity index (χ1v) is 10.9. The van der Waals surface area contributed by atoms with Crippen LogP contribution in [0.2, 0.25) is 0 Å². The number of rotatable bonds is 7. The van der Waals surface area contributed by atoms with Gasteiger partial charge in [-0.05, 0) is 55.2 Å². The molecule has 1 saturated carbocycles. The Balaban J connectivity index is 1.40. The summed E-state index contributed by atoms with van der Waals surface area (Å²) in [5, 5.41) is 5.76. The van der Waals surface area contributed by atoms with Gasteiger partial charge in [0.05, 0.1) is 6.54 Å². The normalized spacial score (nSPS) is 13.3. The van der Waals surface area contributed by atoms with Crippen molar-refractivity contribution in [2.24, 2.45) is 5.92 Å². The molecule has 6 nitrogen and oxygen atoms in total. The number of amides is 2. The molecule has 1 aromatic heterocycles. The average Bonchev–Trinajstić information content (AvgIpc) is 2.72. The summed E-state index contributed by atoms with van der Waals surface area (Å²) in [6.45, 7) is 2.67.